The summed E-state index contributed by atoms with van der Waals surface area (Å²) in [6.45, 7) is 5.11. The summed E-state index contributed by atoms with van der Waals surface area (Å²) >= 11 is 0. The van der Waals surface area contributed by atoms with E-state index in [9.17, 15) is 27.6 Å². The number of hydrogen-bond acceptors (Lipinski definition) is 4. The molecular weight excluding hydrogens is 427 g/mol. The number of hydrogen-bond donors (Lipinski definition) is 2. The molecule has 0 fully saturated rings. The minimum absolute atomic E-state index is 0.0108. The minimum Gasteiger partial charge on any atom is -0.444 e. The van der Waals surface area contributed by atoms with Gasteiger partial charge in [0.25, 0.3) is 0 Å². The first kappa shape index (κ1) is 25.0. The number of alkyl halides is 3. The Morgan fingerprint density at radius 2 is 1.94 bits per heavy atom. The quantitative estimate of drug-likeness (QED) is 0.672. The molecule has 7 nitrogen and oxygen atoms in total. The number of nitrogens with one attached hydrogen (secondary N) is 2. The number of benzene rings is 1. The summed E-state index contributed by atoms with van der Waals surface area (Å²) in [5.41, 5.74) is 0.613. The molecule has 1 aliphatic heterocycles. The molecule has 0 radical (unpaired) electrons. The van der Waals surface area contributed by atoms with Crippen molar-refractivity contribution in [1.82, 2.24) is 10.6 Å². The number of ether oxygens (including phenoxy) is 1. The third-order valence-corrected chi connectivity index (χ3v) is 4.63. The first-order valence-electron chi connectivity index (χ1n) is 10.0. The van der Waals surface area contributed by atoms with Crippen LogP contribution in [0.4, 0.5) is 23.7 Å². The molecule has 1 heterocycles. The molecule has 0 bridgehead atoms. The van der Waals surface area contributed by atoms with E-state index < -0.39 is 48.3 Å². The monoisotopic (exact) mass is 453 g/mol. The Kier molecular flexibility index (Phi) is 7.44. The van der Waals surface area contributed by atoms with E-state index >= 15 is 0 Å². The molecule has 0 saturated carbocycles. The molecule has 1 aromatic rings. The van der Waals surface area contributed by atoms with Gasteiger partial charge in [-0.2, -0.15) is 13.2 Å². The zero-order valence-electron chi connectivity index (χ0n) is 18.3. The van der Waals surface area contributed by atoms with Gasteiger partial charge in [-0.05, 0) is 51.0 Å². The van der Waals surface area contributed by atoms with E-state index in [1.807, 2.05) is 5.32 Å². The van der Waals surface area contributed by atoms with Crippen molar-refractivity contribution < 1.29 is 32.3 Å². The molecule has 3 amide bonds. The summed E-state index contributed by atoms with van der Waals surface area (Å²) in [4.78, 5) is 39.2. The second kappa shape index (κ2) is 9.51. The largest absolute Gasteiger partial charge is 0.444 e. The zero-order chi connectivity index (χ0) is 24.3. The normalized spacial score (nSPS) is 16.6. The van der Waals surface area contributed by atoms with Crippen molar-refractivity contribution in [2.75, 3.05) is 11.4 Å². The number of carbonyl (C=O) groups excluding carboxylic acids is 3. The van der Waals surface area contributed by atoms with Crippen molar-refractivity contribution >= 4 is 23.6 Å². The third-order valence-electron chi connectivity index (χ3n) is 4.63. The van der Waals surface area contributed by atoms with Gasteiger partial charge in [-0.15, -0.1) is 6.42 Å². The van der Waals surface area contributed by atoms with Crippen LogP contribution in [0.3, 0.4) is 0 Å². The van der Waals surface area contributed by atoms with Crippen molar-refractivity contribution in [3.8, 4) is 12.3 Å². The lowest BCUT2D eigenvalue weighted by Crippen LogP contribution is -2.55. The lowest BCUT2D eigenvalue weighted by molar-refractivity contribution is -0.139. The van der Waals surface area contributed by atoms with E-state index in [0.29, 0.717) is 16.8 Å². The fourth-order valence-electron chi connectivity index (χ4n) is 3.28. The molecule has 174 valence electrons. The maximum Gasteiger partial charge on any atom is 0.408 e. The highest BCUT2D eigenvalue weighted by Crippen LogP contribution is 2.34. The van der Waals surface area contributed by atoms with Gasteiger partial charge in [0.15, 0.2) is 0 Å². The predicted molar refractivity (Wildman–Crippen MR) is 112 cm³/mol. The summed E-state index contributed by atoms with van der Waals surface area (Å²) in [6.07, 6.45) is 0.144. The van der Waals surface area contributed by atoms with Crippen LogP contribution in [0.2, 0.25) is 0 Å². The van der Waals surface area contributed by atoms with Gasteiger partial charge in [0, 0.05) is 17.7 Å². The molecule has 2 atom stereocenters. The van der Waals surface area contributed by atoms with Crippen LogP contribution in [0.15, 0.2) is 18.2 Å². The van der Waals surface area contributed by atoms with E-state index in [-0.39, 0.29) is 12.8 Å². The second-order valence-electron chi connectivity index (χ2n) is 8.36. The number of halogens is 3. The van der Waals surface area contributed by atoms with Crippen molar-refractivity contribution in [2.24, 2.45) is 0 Å². The molecule has 0 aromatic heterocycles. The van der Waals surface area contributed by atoms with Gasteiger partial charge in [0.05, 0.1) is 0 Å². The maximum atomic E-state index is 13.3. The maximum absolute atomic E-state index is 13.3. The summed E-state index contributed by atoms with van der Waals surface area (Å²) < 4.78 is 43.0. The number of rotatable bonds is 5. The van der Waals surface area contributed by atoms with Crippen molar-refractivity contribution in [3.05, 3.63) is 29.3 Å². The highest BCUT2D eigenvalue weighted by Gasteiger charge is 2.42. The van der Waals surface area contributed by atoms with Crippen LogP contribution >= 0.6 is 0 Å². The van der Waals surface area contributed by atoms with Crippen LogP contribution in [0.5, 0.6) is 0 Å². The average Bonchev–Trinajstić information content (AvgIpc) is 3.06. The van der Waals surface area contributed by atoms with E-state index in [1.54, 1.807) is 45.9 Å². The molecule has 1 aliphatic rings. The summed E-state index contributed by atoms with van der Waals surface area (Å²) in [7, 11) is 0. The van der Waals surface area contributed by atoms with Gasteiger partial charge in [-0.3, -0.25) is 14.5 Å². The molecule has 2 N–H and O–H groups in total. The molecule has 32 heavy (non-hydrogen) atoms. The van der Waals surface area contributed by atoms with Crippen LogP contribution in [0.1, 0.15) is 45.2 Å². The SMILES string of the molecule is C#Cc1ccc2c(c1)C[C@H](C(=O)NCC(F)(F)F)N2C(=O)[C@H](CC)NC(=O)OC(C)(C)C. The number of carbonyl (C=O) groups is 3. The molecule has 10 heteroatoms. The number of amides is 3. The van der Waals surface area contributed by atoms with E-state index in [0.717, 1.165) is 4.90 Å². The van der Waals surface area contributed by atoms with E-state index in [2.05, 4.69) is 11.2 Å². The van der Waals surface area contributed by atoms with Gasteiger partial charge in [0.2, 0.25) is 11.8 Å². The van der Waals surface area contributed by atoms with Crippen molar-refractivity contribution in [2.45, 2.75) is 64.4 Å². The predicted octanol–water partition coefficient (Wildman–Crippen LogP) is 2.91. The summed E-state index contributed by atoms with van der Waals surface area (Å²) in [5.74, 6) is 0.847. The average molecular weight is 453 g/mol. The molecule has 0 saturated heterocycles. The van der Waals surface area contributed by atoms with Crippen LogP contribution in [-0.2, 0) is 20.7 Å². The Balaban J connectivity index is 2.33. The highest BCUT2D eigenvalue weighted by atomic mass is 19.4. The zero-order valence-corrected chi connectivity index (χ0v) is 18.3. The molecule has 1 aromatic carbocycles. The first-order valence-corrected chi connectivity index (χ1v) is 10.0. The second-order valence-corrected chi connectivity index (χ2v) is 8.36. The van der Waals surface area contributed by atoms with Crippen LogP contribution in [0, 0.1) is 12.3 Å². The van der Waals surface area contributed by atoms with Crippen LogP contribution < -0.4 is 15.5 Å². The highest BCUT2D eigenvalue weighted by molar-refractivity contribution is 6.06. The smallest absolute Gasteiger partial charge is 0.408 e. The fraction of sp³-hybridized carbons (Fsp3) is 0.500. The lowest BCUT2D eigenvalue weighted by atomic mass is 10.1. The van der Waals surface area contributed by atoms with Gasteiger partial charge in [0.1, 0.15) is 24.2 Å². The van der Waals surface area contributed by atoms with Crippen LogP contribution in [0.25, 0.3) is 0 Å². The van der Waals surface area contributed by atoms with Gasteiger partial charge >= 0.3 is 12.3 Å². The molecular formula is C22H26F3N3O4. The standard InChI is InChI=1S/C22H26F3N3O4/c1-6-13-8-9-16-14(10-13)11-17(18(29)26-12-22(23,24)25)28(16)19(30)15(7-2)27-20(31)32-21(3,4)5/h1,8-10,15,17H,7,11-12H2,2-5H3,(H,26,29)(H,27,31)/t15-,17+/m0/s1. The number of anilines is 1. The van der Waals surface area contributed by atoms with E-state index in [4.69, 9.17) is 11.2 Å². The molecule has 0 unspecified atom stereocenters. The number of alkyl carbamates (subject to hydrolysis) is 1. The topological polar surface area (TPSA) is 87.7 Å². The Morgan fingerprint density at radius 1 is 1.28 bits per heavy atom. The number of terminal acetylenes is 1. The minimum atomic E-state index is -4.60. The summed E-state index contributed by atoms with van der Waals surface area (Å²) in [5, 5.41) is 4.30. The lowest BCUT2D eigenvalue weighted by Gasteiger charge is -2.29. The Bertz CT molecular complexity index is 932. The third kappa shape index (κ3) is 6.39. The Morgan fingerprint density at radius 3 is 2.47 bits per heavy atom. The van der Waals surface area contributed by atoms with Crippen molar-refractivity contribution in [3.63, 3.8) is 0 Å². The summed E-state index contributed by atoms with van der Waals surface area (Å²) in [6, 6.07) is 2.44. The van der Waals surface area contributed by atoms with E-state index in [1.165, 1.54) is 0 Å². The van der Waals surface area contributed by atoms with Crippen molar-refractivity contribution in [1.29, 1.82) is 0 Å². The van der Waals surface area contributed by atoms with Crippen LogP contribution in [-0.4, -0.2) is 48.3 Å². The number of fused-ring (bicyclic) bond motifs is 1. The Labute approximate surface area is 184 Å². The van der Waals surface area contributed by atoms with Gasteiger partial charge in [-0.1, -0.05) is 12.8 Å². The Hall–Kier alpha value is -3.22. The molecule has 0 aliphatic carbocycles. The van der Waals surface area contributed by atoms with Gasteiger partial charge in [-0.25, -0.2) is 4.79 Å². The first-order chi connectivity index (χ1) is 14.8. The molecule has 2 rings (SSSR count). The van der Waals surface area contributed by atoms with Gasteiger partial charge < -0.3 is 15.4 Å². The fourth-order valence-corrected chi connectivity index (χ4v) is 3.28. The number of nitrogens with zero attached hydrogens (tertiary/aromatic N) is 1. The molecule has 0 spiro atoms.